The summed E-state index contributed by atoms with van der Waals surface area (Å²) in [7, 11) is 1.71. The standard InChI is InChI=1S/C11H17NO3/c1-6(2)5-11-8(15-10(11)14)7(3)9(13)12(11)4/h6-8H,5H2,1-4H3/t7-,8+,11-/m1/s1. The lowest BCUT2D eigenvalue weighted by Gasteiger charge is -2.46. The number of likely N-dealkylation sites (tertiary alicyclic amines) is 1. The fraction of sp³-hybridized carbons (Fsp3) is 0.818. The molecule has 0 bridgehead atoms. The van der Waals surface area contributed by atoms with Crippen LogP contribution < -0.4 is 0 Å². The van der Waals surface area contributed by atoms with Gasteiger partial charge in [0.1, 0.15) is 6.10 Å². The molecule has 2 fully saturated rings. The molecule has 4 heteroatoms. The summed E-state index contributed by atoms with van der Waals surface area (Å²) in [5.74, 6) is -0.0275. The van der Waals surface area contributed by atoms with Crippen molar-refractivity contribution in [2.24, 2.45) is 11.8 Å². The minimum Gasteiger partial charge on any atom is -0.457 e. The first-order chi connectivity index (χ1) is 6.91. The second-order valence-electron chi connectivity index (χ2n) is 5.03. The first-order valence-electron chi connectivity index (χ1n) is 5.40. The minimum atomic E-state index is -0.662. The van der Waals surface area contributed by atoms with Gasteiger partial charge in [-0.2, -0.15) is 0 Å². The molecule has 2 aliphatic heterocycles. The van der Waals surface area contributed by atoms with Crippen LogP contribution in [-0.2, 0) is 14.3 Å². The van der Waals surface area contributed by atoms with Crippen LogP contribution >= 0.6 is 0 Å². The number of ether oxygens (including phenoxy) is 1. The van der Waals surface area contributed by atoms with E-state index in [1.165, 1.54) is 0 Å². The third-order valence-corrected chi connectivity index (χ3v) is 3.55. The van der Waals surface area contributed by atoms with E-state index < -0.39 is 5.54 Å². The number of amides is 1. The van der Waals surface area contributed by atoms with Crippen molar-refractivity contribution in [2.75, 3.05) is 7.05 Å². The van der Waals surface area contributed by atoms with Gasteiger partial charge >= 0.3 is 5.97 Å². The Morgan fingerprint density at radius 2 is 2.07 bits per heavy atom. The van der Waals surface area contributed by atoms with Gasteiger partial charge in [0, 0.05) is 7.05 Å². The average molecular weight is 211 g/mol. The number of carbonyl (C=O) groups excluding carboxylic acids is 2. The van der Waals surface area contributed by atoms with Crippen molar-refractivity contribution < 1.29 is 14.3 Å². The molecule has 0 saturated carbocycles. The summed E-state index contributed by atoms with van der Waals surface area (Å²) in [5, 5.41) is 0. The first kappa shape index (κ1) is 10.5. The Labute approximate surface area is 89.6 Å². The van der Waals surface area contributed by atoms with Gasteiger partial charge in [0.05, 0.1) is 5.92 Å². The Hall–Kier alpha value is -1.06. The van der Waals surface area contributed by atoms with E-state index in [2.05, 4.69) is 13.8 Å². The maximum Gasteiger partial charge on any atom is 0.336 e. The zero-order valence-corrected chi connectivity index (χ0v) is 9.61. The number of hydrogen-bond donors (Lipinski definition) is 0. The topological polar surface area (TPSA) is 46.6 Å². The molecule has 0 aromatic heterocycles. The number of likely N-dealkylation sites (N-methyl/N-ethyl adjacent to an activating group) is 1. The quantitative estimate of drug-likeness (QED) is 0.635. The Kier molecular flexibility index (Phi) is 2.07. The lowest BCUT2D eigenvalue weighted by Crippen LogP contribution is -2.67. The molecule has 84 valence electrons. The van der Waals surface area contributed by atoms with E-state index in [4.69, 9.17) is 4.74 Å². The monoisotopic (exact) mass is 211 g/mol. The summed E-state index contributed by atoms with van der Waals surface area (Å²) in [5.41, 5.74) is -0.662. The van der Waals surface area contributed by atoms with Crippen LogP contribution in [0.25, 0.3) is 0 Å². The maximum absolute atomic E-state index is 11.8. The largest absolute Gasteiger partial charge is 0.457 e. The third-order valence-electron chi connectivity index (χ3n) is 3.55. The van der Waals surface area contributed by atoms with Gasteiger partial charge in [-0.25, -0.2) is 4.79 Å². The Bertz CT molecular complexity index is 326. The van der Waals surface area contributed by atoms with Gasteiger partial charge in [0.2, 0.25) is 5.91 Å². The summed E-state index contributed by atoms with van der Waals surface area (Å²) in [4.78, 5) is 25.0. The molecule has 0 N–H and O–H groups in total. The molecule has 4 nitrogen and oxygen atoms in total. The maximum atomic E-state index is 11.8. The molecule has 0 aromatic carbocycles. The van der Waals surface area contributed by atoms with Crippen LogP contribution in [0.5, 0.6) is 0 Å². The fourth-order valence-electron chi connectivity index (χ4n) is 2.81. The van der Waals surface area contributed by atoms with Crippen LogP contribution in [0, 0.1) is 11.8 Å². The molecule has 2 saturated heterocycles. The molecular formula is C11H17NO3. The highest BCUT2D eigenvalue weighted by Gasteiger charge is 2.69. The number of hydrogen-bond acceptors (Lipinski definition) is 3. The lowest BCUT2D eigenvalue weighted by atomic mass is 9.78. The van der Waals surface area contributed by atoms with Crippen molar-refractivity contribution in [3.8, 4) is 0 Å². The van der Waals surface area contributed by atoms with E-state index in [-0.39, 0.29) is 23.9 Å². The van der Waals surface area contributed by atoms with Gasteiger partial charge in [-0.3, -0.25) is 4.79 Å². The van der Waals surface area contributed by atoms with E-state index in [0.717, 1.165) is 0 Å². The molecule has 1 amide bonds. The normalized spacial score (nSPS) is 39.1. The van der Waals surface area contributed by atoms with Crippen LogP contribution in [0.1, 0.15) is 27.2 Å². The van der Waals surface area contributed by atoms with Crippen molar-refractivity contribution in [1.82, 2.24) is 4.90 Å². The summed E-state index contributed by atoms with van der Waals surface area (Å²) in [6.07, 6.45) is 0.466. The van der Waals surface area contributed by atoms with Gasteiger partial charge in [-0.15, -0.1) is 0 Å². The van der Waals surface area contributed by atoms with Gasteiger partial charge in [-0.1, -0.05) is 13.8 Å². The Balaban J connectivity index is 2.34. The molecule has 15 heavy (non-hydrogen) atoms. The van der Waals surface area contributed by atoms with Crippen LogP contribution in [0.4, 0.5) is 0 Å². The number of nitrogens with zero attached hydrogens (tertiary/aromatic N) is 1. The highest BCUT2D eigenvalue weighted by atomic mass is 16.6. The number of carbonyl (C=O) groups is 2. The summed E-state index contributed by atoms with van der Waals surface area (Å²) < 4.78 is 5.12. The molecule has 0 aliphatic carbocycles. The van der Waals surface area contributed by atoms with Crippen molar-refractivity contribution in [1.29, 1.82) is 0 Å². The highest BCUT2D eigenvalue weighted by Crippen LogP contribution is 2.47. The minimum absolute atomic E-state index is 0.0199. The van der Waals surface area contributed by atoms with Gasteiger partial charge in [0.25, 0.3) is 0 Å². The molecule has 2 heterocycles. The highest BCUT2D eigenvalue weighted by molar-refractivity contribution is 5.99. The molecular weight excluding hydrogens is 194 g/mol. The van der Waals surface area contributed by atoms with Gasteiger partial charge in [-0.05, 0) is 19.3 Å². The average Bonchev–Trinajstić information content (AvgIpc) is 2.29. The van der Waals surface area contributed by atoms with Crippen molar-refractivity contribution in [3.63, 3.8) is 0 Å². The second kappa shape index (κ2) is 2.97. The van der Waals surface area contributed by atoms with Crippen molar-refractivity contribution >= 4 is 11.9 Å². The van der Waals surface area contributed by atoms with Crippen LogP contribution in [0.3, 0.4) is 0 Å². The van der Waals surface area contributed by atoms with Crippen molar-refractivity contribution in [2.45, 2.75) is 38.8 Å². The molecule has 0 spiro atoms. The Morgan fingerprint density at radius 3 is 2.47 bits per heavy atom. The van der Waals surface area contributed by atoms with E-state index in [0.29, 0.717) is 12.3 Å². The lowest BCUT2D eigenvalue weighted by molar-refractivity contribution is -0.203. The van der Waals surface area contributed by atoms with E-state index in [9.17, 15) is 9.59 Å². The SMILES string of the molecule is CC(C)C[C@]12C(=O)O[C@H]1[C@@H](C)C(=O)N2C. The predicted molar refractivity (Wildman–Crippen MR) is 54.0 cm³/mol. The summed E-state index contributed by atoms with van der Waals surface area (Å²) >= 11 is 0. The third kappa shape index (κ3) is 1.08. The van der Waals surface area contributed by atoms with Crippen LogP contribution in [0.15, 0.2) is 0 Å². The molecule has 0 unspecified atom stereocenters. The van der Waals surface area contributed by atoms with E-state index in [1.807, 2.05) is 6.92 Å². The molecule has 2 aliphatic rings. The van der Waals surface area contributed by atoms with Gasteiger partial charge in [0.15, 0.2) is 5.54 Å². The second-order valence-corrected chi connectivity index (χ2v) is 5.03. The Morgan fingerprint density at radius 1 is 1.47 bits per heavy atom. The fourth-order valence-corrected chi connectivity index (χ4v) is 2.81. The first-order valence-corrected chi connectivity index (χ1v) is 5.40. The molecule has 2 rings (SSSR count). The molecule has 0 radical (unpaired) electrons. The smallest absolute Gasteiger partial charge is 0.336 e. The zero-order chi connectivity index (χ0) is 11.4. The van der Waals surface area contributed by atoms with Crippen LogP contribution in [0.2, 0.25) is 0 Å². The number of rotatable bonds is 2. The predicted octanol–water partition coefficient (Wildman–Crippen LogP) is 0.805. The van der Waals surface area contributed by atoms with E-state index >= 15 is 0 Å². The van der Waals surface area contributed by atoms with Crippen LogP contribution in [-0.4, -0.2) is 35.5 Å². The number of fused-ring (bicyclic) bond motifs is 1. The molecule has 3 atom stereocenters. The van der Waals surface area contributed by atoms with Gasteiger partial charge < -0.3 is 9.64 Å². The summed E-state index contributed by atoms with van der Waals surface area (Å²) in [6, 6.07) is 0. The zero-order valence-electron chi connectivity index (χ0n) is 9.61. The number of esters is 1. The van der Waals surface area contributed by atoms with E-state index in [1.54, 1.807) is 11.9 Å². The summed E-state index contributed by atoms with van der Waals surface area (Å²) in [6.45, 7) is 5.94. The molecule has 0 aromatic rings. The van der Waals surface area contributed by atoms with Crippen molar-refractivity contribution in [3.05, 3.63) is 0 Å².